The summed E-state index contributed by atoms with van der Waals surface area (Å²) >= 11 is 5.58. The summed E-state index contributed by atoms with van der Waals surface area (Å²) in [4.78, 5) is 56.3. The fourth-order valence-corrected chi connectivity index (χ4v) is 9.62. The van der Waals surface area contributed by atoms with Crippen LogP contribution >= 0.6 is 11.6 Å². The number of amides is 2. The zero-order valence-electron chi connectivity index (χ0n) is 59.8. The highest BCUT2D eigenvalue weighted by Gasteiger charge is 2.36. The molecule has 0 bridgehead atoms. The van der Waals surface area contributed by atoms with Crippen molar-refractivity contribution in [3.8, 4) is 28.7 Å². The number of alkyl halides is 1. The minimum Gasteiger partial charge on any atom is -0.508 e. The topological polar surface area (TPSA) is 212 Å². The quantitative estimate of drug-likeness (QED) is 0.0201. The number of carbonyl (C=O) groups excluding carboxylic acids is 4. The number of aryl methyl sites for hydroxylation is 5. The van der Waals surface area contributed by atoms with Gasteiger partial charge in [-0.05, 0) is 123 Å². The average molecular weight is 1480 g/mol. The fourth-order valence-electron chi connectivity index (χ4n) is 9.45. The molecular formula is C85H80ClF5N2O14. The third-order valence-corrected chi connectivity index (χ3v) is 16.0. The first-order valence-electron chi connectivity index (χ1n) is 33.2. The number of benzene rings is 11. The van der Waals surface area contributed by atoms with Crippen molar-refractivity contribution >= 4 is 35.4 Å². The first kappa shape index (κ1) is 82.6. The molecule has 1 heterocycles. The molecule has 0 atom stereocenters. The maximum atomic E-state index is 14.4. The minimum atomic E-state index is -0.790. The van der Waals surface area contributed by atoms with Crippen molar-refractivity contribution in [1.29, 1.82) is 0 Å². The van der Waals surface area contributed by atoms with Crippen LogP contribution < -0.4 is 24.8 Å². The number of phenols is 1. The summed E-state index contributed by atoms with van der Waals surface area (Å²) in [6, 6.07) is 67.2. The lowest BCUT2D eigenvalue weighted by atomic mass is 10.1. The number of methoxy groups -OCH3 is 2. The molecule has 0 radical (unpaired) electrons. The standard InChI is InChI=1S/C23H18FNO4.C16H15FO3.C15H16FNO2.C15H15FO2.C8H9Cl.C8H7FO3/c1-15-6-8-16(9-7-15)13-28-18-11-10-17(21(24)12-18)14-29-25-22(26)19-4-2-3-5-20(19)23(25)27;1-11-3-5-12(6-4-11)10-20-13-7-8-14(15(17)9-13)16(18)19-2;1-11-2-4-12(5-3-11)9-18-14-7-6-13(10-19-17)15(16)8-14;1-11-2-4-12(5-3-11)10-18-14-7-6-13(9-17)15(16)8-14;1-7-2-4-8(6-9)5-3-7;1-12-8(11)6-3-2-5(10)4-7(6)9/h2-12H,13-14H2,1H3;3-9H,10H2,1-2H3;2-8H,9-10,17H2,1H3;2-8,17H,9-10H2,1H3;2-5H,6H2,1H3;2-4,10H,1H3. The molecule has 0 aromatic heterocycles. The zero-order chi connectivity index (χ0) is 77.4. The Morgan fingerprint density at radius 1 is 0.393 bits per heavy atom. The lowest BCUT2D eigenvalue weighted by molar-refractivity contribution is -0.101. The Hall–Kier alpha value is -11.7. The van der Waals surface area contributed by atoms with Gasteiger partial charge in [-0.2, -0.15) is 0 Å². The molecule has 0 fully saturated rings. The number of halogens is 6. The molecule has 0 spiro atoms. The largest absolute Gasteiger partial charge is 0.508 e. The Kier molecular flexibility index (Phi) is 32.6. The van der Waals surface area contributed by atoms with Crippen molar-refractivity contribution in [2.75, 3.05) is 14.2 Å². The van der Waals surface area contributed by atoms with Gasteiger partial charge in [-0.3, -0.25) is 19.3 Å². The lowest BCUT2D eigenvalue weighted by Gasteiger charge is -2.14. The number of carbonyl (C=O) groups is 4. The molecule has 11 aromatic carbocycles. The van der Waals surface area contributed by atoms with Crippen LogP contribution in [0.1, 0.15) is 114 Å². The van der Waals surface area contributed by atoms with E-state index >= 15 is 0 Å². The van der Waals surface area contributed by atoms with E-state index in [1.807, 2.05) is 137 Å². The number of hydrogen-bond acceptors (Lipinski definition) is 15. The number of hydroxylamine groups is 2. The number of imide groups is 1. The molecular weight excluding hydrogens is 1400 g/mol. The van der Waals surface area contributed by atoms with E-state index in [0.29, 0.717) is 65.9 Å². The van der Waals surface area contributed by atoms with Gasteiger partial charge in [0.1, 0.15) is 90.9 Å². The van der Waals surface area contributed by atoms with Gasteiger partial charge in [-0.25, -0.2) is 37.4 Å². The summed E-state index contributed by atoms with van der Waals surface area (Å²) in [5.74, 6) is 1.63. The second-order valence-electron chi connectivity index (χ2n) is 24.0. The van der Waals surface area contributed by atoms with Crippen molar-refractivity contribution in [1.82, 2.24) is 5.06 Å². The van der Waals surface area contributed by atoms with Gasteiger partial charge in [0.2, 0.25) is 0 Å². The highest BCUT2D eigenvalue weighted by molar-refractivity contribution is 6.20. The average Bonchev–Trinajstić information content (AvgIpc) is 1.64. The first-order chi connectivity index (χ1) is 51.5. The van der Waals surface area contributed by atoms with Crippen LogP contribution in [-0.4, -0.2) is 53.2 Å². The molecule has 0 saturated heterocycles. The van der Waals surface area contributed by atoms with Gasteiger partial charge in [0, 0.05) is 52.9 Å². The number of phenolic OH excluding ortho intramolecular Hbond substituents is 1. The lowest BCUT2D eigenvalue weighted by Crippen LogP contribution is -2.29. The second kappa shape index (κ2) is 42.3. The molecule has 2 amide bonds. The predicted octanol–water partition coefficient (Wildman–Crippen LogP) is 18.3. The Bertz CT molecular complexity index is 4670. The number of fused-ring (bicyclic) bond motifs is 1. The number of hydrogen-bond donors (Lipinski definition) is 3. The Morgan fingerprint density at radius 3 is 1.01 bits per heavy atom. The van der Waals surface area contributed by atoms with Crippen LogP contribution in [-0.2, 0) is 71.3 Å². The molecule has 0 unspecified atom stereocenters. The molecule has 107 heavy (non-hydrogen) atoms. The van der Waals surface area contributed by atoms with Crippen LogP contribution in [0.4, 0.5) is 22.0 Å². The third kappa shape index (κ3) is 26.4. The third-order valence-electron chi connectivity index (χ3n) is 15.7. The number of aliphatic hydroxyl groups excluding tert-OH is 1. The SMILES string of the molecule is COC(=O)c1ccc(O)cc1F.COC(=O)c1ccc(OCc2ccc(C)cc2)cc1F.Cc1ccc(CCl)cc1.Cc1ccc(COc2ccc(CO)c(F)c2)cc1.Cc1ccc(COc2ccc(CON)c(F)c2)cc1.Cc1ccc(COc2ccc(CON3C(=O)c4ccccc4C3=O)c(F)c2)cc1. The summed E-state index contributed by atoms with van der Waals surface area (Å²) in [6.45, 7) is 11.1. The van der Waals surface area contributed by atoms with E-state index in [1.165, 1.54) is 83.5 Å². The number of nitrogens with zero attached hydrogens (tertiary/aromatic N) is 1. The van der Waals surface area contributed by atoms with E-state index < -0.39 is 47.0 Å². The Morgan fingerprint density at radius 2 is 0.701 bits per heavy atom. The monoisotopic (exact) mass is 1480 g/mol. The van der Waals surface area contributed by atoms with Crippen molar-refractivity contribution in [2.45, 2.75) is 86.7 Å². The number of esters is 2. The van der Waals surface area contributed by atoms with Crippen molar-refractivity contribution in [2.24, 2.45) is 5.90 Å². The molecule has 1 aliphatic rings. The van der Waals surface area contributed by atoms with E-state index in [9.17, 15) is 41.1 Å². The number of nitrogens with two attached hydrogens (primary N) is 1. The maximum absolute atomic E-state index is 14.4. The van der Waals surface area contributed by atoms with Crippen molar-refractivity contribution in [3.63, 3.8) is 0 Å². The molecule has 1 aliphatic heterocycles. The normalized spacial score (nSPS) is 10.9. The second-order valence-corrected chi connectivity index (χ2v) is 24.2. The van der Waals surface area contributed by atoms with Gasteiger partial charge < -0.3 is 38.6 Å². The number of rotatable bonds is 21. The molecule has 0 aliphatic carbocycles. The van der Waals surface area contributed by atoms with Crippen LogP contribution in [0.2, 0.25) is 0 Å². The van der Waals surface area contributed by atoms with Crippen molar-refractivity contribution < 1.29 is 89.4 Å². The summed E-state index contributed by atoms with van der Waals surface area (Å²) in [5.41, 5.74) is 12.4. The van der Waals surface area contributed by atoms with E-state index in [0.717, 1.165) is 47.1 Å². The maximum Gasteiger partial charge on any atom is 0.340 e. The van der Waals surface area contributed by atoms with Gasteiger partial charge in [-0.15, -0.1) is 16.7 Å². The fraction of sp³-hybridized carbons (Fsp3) is 0.176. The van der Waals surface area contributed by atoms with Crippen LogP contribution in [0.3, 0.4) is 0 Å². The molecule has 16 nitrogen and oxygen atoms in total. The van der Waals surface area contributed by atoms with E-state index in [4.69, 9.17) is 51.5 Å². The number of aromatic hydroxyl groups is 1. The van der Waals surface area contributed by atoms with Crippen LogP contribution in [0.15, 0.2) is 237 Å². The highest BCUT2D eigenvalue weighted by atomic mass is 35.5. The minimum absolute atomic E-state index is 0.0457. The summed E-state index contributed by atoms with van der Waals surface area (Å²) < 4.78 is 98.8. The molecule has 556 valence electrons. The summed E-state index contributed by atoms with van der Waals surface area (Å²) in [6.07, 6.45) is 0. The van der Waals surface area contributed by atoms with Crippen LogP contribution in [0, 0.1) is 63.7 Å². The van der Waals surface area contributed by atoms with Gasteiger partial charge >= 0.3 is 11.9 Å². The number of aliphatic hydroxyl groups is 1. The van der Waals surface area contributed by atoms with Gasteiger partial charge in [0.15, 0.2) is 0 Å². The van der Waals surface area contributed by atoms with E-state index in [-0.39, 0.29) is 64.8 Å². The molecule has 12 rings (SSSR count). The van der Waals surface area contributed by atoms with E-state index in [2.05, 4.69) is 33.4 Å². The zero-order valence-corrected chi connectivity index (χ0v) is 60.5. The van der Waals surface area contributed by atoms with E-state index in [1.54, 1.807) is 54.6 Å². The smallest absolute Gasteiger partial charge is 0.340 e. The van der Waals surface area contributed by atoms with Crippen LogP contribution in [0.25, 0.3) is 0 Å². The summed E-state index contributed by atoms with van der Waals surface area (Å²) in [5, 5.41) is 18.3. The molecule has 22 heteroatoms. The molecule has 0 saturated carbocycles. The number of ether oxygens (including phenoxy) is 6. The molecule has 4 N–H and O–H groups in total. The van der Waals surface area contributed by atoms with Crippen molar-refractivity contribution in [3.05, 3.63) is 360 Å². The summed E-state index contributed by atoms with van der Waals surface area (Å²) in [7, 11) is 2.37. The van der Waals surface area contributed by atoms with Crippen LogP contribution in [0.5, 0.6) is 28.7 Å². The first-order valence-corrected chi connectivity index (χ1v) is 33.7. The van der Waals surface area contributed by atoms with Gasteiger partial charge in [0.25, 0.3) is 11.8 Å². The van der Waals surface area contributed by atoms with Gasteiger partial charge in [0.05, 0.1) is 49.7 Å². The Labute approximate surface area is 622 Å². The molecule has 11 aromatic rings. The Balaban J connectivity index is 0.000000185. The van der Waals surface area contributed by atoms with Gasteiger partial charge in [-0.1, -0.05) is 173 Å². The predicted molar refractivity (Wildman–Crippen MR) is 396 cm³/mol. The highest BCUT2D eigenvalue weighted by Crippen LogP contribution is 2.27.